The summed E-state index contributed by atoms with van der Waals surface area (Å²) in [7, 11) is 0. The summed E-state index contributed by atoms with van der Waals surface area (Å²) in [6.45, 7) is 1.49. The van der Waals surface area contributed by atoms with Crippen molar-refractivity contribution in [3.05, 3.63) is 44.1 Å². The van der Waals surface area contributed by atoms with Crippen molar-refractivity contribution in [3.63, 3.8) is 0 Å². The van der Waals surface area contributed by atoms with Gasteiger partial charge in [-0.2, -0.15) is 18.3 Å². The zero-order valence-electron chi connectivity index (χ0n) is 9.35. The van der Waals surface area contributed by atoms with Gasteiger partial charge in [0.2, 0.25) is 0 Å². The second-order valence-corrected chi connectivity index (χ2v) is 4.51. The first kappa shape index (κ1) is 14.0. The molecule has 0 saturated heterocycles. The van der Waals surface area contributed by atoms with Crippen LogP contribution in [0.25, 0.3) is 5.69 Å². The van der Waals surface area contributed by atoms with E-state index in [1.54, 1.807) is 0 Å². The van der Waals surface area contributed by atoms with Crippen LogP contribution in [0.1, 0.15) is 11.4 Å². The van der Waals surface area contributed by atoms with E-state index in [-0.39, 0.29) is 21.6 Å². The van der Waals surface area contributed by atoms with E-state index in [9.17, 15) is 18.0 Å². The number of benzene rings is 1. The molecule has 0 unspecified atom stereocenters. The Hall–Kier alpha value is -1.47. The average Bonchev–Trinajstić information content (AvgIpc) is 2.58. The van der Waals surface area contributed by atoms with E-state index in [4.69, 9.17) is 23.2 Å². The first-order valence-electron chi connectivity index (χ1n) is 4.92. The lowest BCUT2D eigenvalue weighted by atomic mass is 10.2. The molecule has 0 aliphatic rings. The van der Waals surface area contributed by atoms with Crippen molar-refractivity contribution in [1.29, 1.82) is 0 Å². The highest BCUT2D eigenvalue weighted by Gasteiger charge is 2.32. The zero-order valence-corrected chi connectivity index (χ0v) is 10.9. The highest BCUT2D eigenvalue weighted by atomic mass is 35.5. The van der Waals surface area contributed by atoms with E-state index < -0.39 is 17.4 Å². The maximum atomic E-state index is 12.6. The van der Waals surface area contributed by atoms with Crippen LogP contribution in [0.3, 0.4) is 0 Å². The lowest BCUT2D eigenvalue weighted by Crippen LogP contribution is -2.17. The number of hydrogen-bond donors (Lipinski definition) is 1. The first-order valence-corrected chi connectivity index (χ1v) is 5.68. The number of aromatic nitrogens is 3. The number of nitrogens with zero attached hydrogens (tertiary/aromatic N) is 2. The maximum absolute atomic E-state index is 12.6. The Morgan fingerprint density at radius 3 is 2.16 bits per heavy atom. The Morgan fingerprint density at radius 1 is 1.26 bits per heavy atom. The third kappa shape index (κ3) is 2.48. The fourth-order valence-corrected chi connectivity index (χ4v) is 2.24. The molecule has 0 aliphatic carbocycles. The number of aromatic amines is 1. The minimum absolute atomic E-state index is 0.0346. The first-order chi connectivity index (χ1) is 8.71. The molecule has 0 amide bonds. The molecule has 19 heavy (non-hydrogen) atoms. The van der Waals surface area contributed by atoms with Crippen LogP contribution >= 0.6 is 23.2 Å². The Kier molecular flexibility index (Phi) is 3.36. The molecular weight excluding hydrogens is 306 g/mol. The number of hydrogen-bond acceptors (Lipinski definition) is 2. The van der Waals surface area contributed by atoms with Gasteiger partial charge < -0.3 is 0 Å². The Bertz CT molecular complexity index is 667. The third-order valence-electron chi connectivity index (χ3n) is 2.41. The predicted molar refractivity (Wildman–Crippen MR) is 63.9 cm³/mol. The molecule has 1 heterocycles. The molecule has 1 N–H and O–H groups in total. The van der Waals surface area contributed by atoms with Gasteiger partial charge >= 0.3 is 11.9 Å². The largest absolute Gasteiger partial charge is 0.416 e. The van der Waals surface area contributed by atoms with Gasteiger partial charge in [-0.05, 0) is 19.1 Å². The lowest BCUT2D eigenvalue weighted by molar-refractivity contribution is -0.137. The van der Waals surface area contributed by atoms with Crippen molar-refractivity contribution in [3.8, 4) is 5.69 Å². The van der Waals surface area contributed by atoms with Crippen LogP contribution in [0.15, 0.2) is 16.9 Å². The molecule has 2 aromatic rings. The van der Waals surface area contributed by atoms with Gasteiger partial charge in [0.15, 0.2) is 0 Å². The molecule has 0 saturated carbocycles. The normalized spacial score (nSPS) is 11.9. The molecule has 102 valence electrons. The second-order valence-electron chi connectivity index (χ2n) is 3.70. The summed E-state index contributed by atoms with van der Waals surface area (Å²) >= 11 is 11.6. The van der Waals surface area contributed by atoms with Crippen molar-refractivity contribution in [2.45, 2.75) is 13.1 Å². The zero-order chi connectivity index (χ0) is 14.4. The van der Waals surface area contributed by atoms with E-state index in [1.807, 2.05) is 0 Å². The molecule has 2 rings (SSSR count). The van der Waals surface area contributed by atoms with Gasteiger partial charge in [-0.15, -0.1) is 0 Å². The molecule has 0 bridgehead atoms. The van der Waals surface area contributed by atoms with Gasteiger partial charge in [0.1, 0.15) is 5.82 Å². The summed E-state index contributed by atoms with van der Waals surface area (Å²) < 4.78 is 38.7. The van der Waals surface area contributed by atoms with Crippen LogP contribution in [0.5, 0.6) is 0 Å². The number of aryl methyl sites for hydroxylation is 1. The maximum Gasteiger partial charge on any atom is 0.416 e. The highest BCUT2D eigenvalue weighted by molar-refractivity contribution is 6.37. The summed E-state index contributed by atoms with van der Waals surface area (Å²) in [6.07, 6.45) is -4.57. The number of alkyl halides is 3. The molecule has 1 aromatic carbocycles. The second kappa shape index (κ2) is 4.57. The van der Waals surface area contributed by atoms with Gasteiger partial charge in [-0.25, -0.2) is 14.5 Å². The van der Waals surface area contributed by atoms with E-state index in [2.05, 4.69) is 10.2 Å². The van der Waals surface area contributed by atoms with Crippen molar-refractivity contribution in [2.75, 3.05) is 0 Å². The Labute approximate surface area is 114 Å². The van der Waals surface area contributed by atoms with E-state index in [0.717, 1.165) is 4.57 Å². The predicted octanol–water partition coefficient (Wildman–Crippen LogP) is 3.19. The summed E-state index contributed by atoms with van der Waals surface area (Å²) in [4.78, 5) is 11.5. The van der Waals surface area contributed by atoms with Crippen molar-refractivity contribution < 1.29 is 13.2 Å². The van der Waals surface area contributed by atoms with Gasteiger partial charge in [0.25, 0.3) is 0 Å². The van der Waals surface area contributed by atoms with E-state index in [1.165, 1.54) is 6.92 Å². The molecular formula is C10H6Cl2F3N3O. The van der Waals surface area contributed by atoms with Crippen LogP contribution < -0.4 is 5.69 Å². The summed E-state index contributed by atoms with van der Waals surface area (Å²) in [6, 6.07) is 1.42. The van der Waals surface area contributed by atoms with Crippen molar-refractivity contribution in [1.82, 2.24) is 14.8 Å². The number of nitrogens with one attached hydrogen (secondary N) is 1. The summed E-state index contributed by atoms with van der Waals surface area (Å²) in [5.74, 6) is 0.230. The SMILES string of the molecule is Cc1n[nH]c(=O)n1-c1c(Cl)cc(C(F)(F)F)cc1Cl. The van der Waals surface area contributed by atoms with Gasteiger partial charge in [-0.3, -0.25) is 0 Å². The molecule has 0 aliphatic heterocycles. The molecule has 0 atom stereocenters. The Balaban J connectivity index is 2.71. The summed E-state index contributed by atoms with van der Waals surface area (Å²) in [5.41, 5.74) is -1.66. The van der Waals surface area contributed by atoms with E-state index >= 15 is 0 Å². The minimum atomic E-state index is -4.57. The molecule has 4 nitrogen and oxygen atoms in total. The van der Waals surface area contributed by atoms with Crippen LogP contribution in [0.4, 0.5) is 13.2 Å². The molecule has 0 radical (unpaired) electrons. The smallest absolute Gasteiger partial charge is 0.246 e. The molecule has 0 spiro atoms. The fourth-order valence-electron chi connectivity index (χ4n) is 1.58. The molecule has 0 fully saturated rings. The molecule has 9 heteroatoms. The monoisotopic (exact) mass is 311 g/mol. The van der Waals surface area contributed by atoms with Crippen LogP contribution in [-0.2, 0) is 6.18 Å². The average molecular weight is 312 g/mol. The third-order valence-corrected chi connectivity index (χ3v) is 2.98. The van der Waals surface area contributed by atoms with Crippen LogP contribution in [0, 0.1) is 6.92 Å². The highest BCUT2D eigenvalue weighted by Crippen LogP contribution is 2.37. The van der Waals surface area contributed by atoms with Gasteiger partial charge in [-0.1, -0.05) is 23.2 Å². The topological polar surface area (TPSA) is 50.7 Å². The van der Waals surface area contributed by atoms with Crippen LogP contribution in [-0.4, -0.2) is 14.8 Å². The van der Waals surface area contributed by atoms with Gasteiger partial charge in [0, 0.05) is 0 Å². The Morgan fingerprint density at radius 2 is 1.79 bits per heavy atom. The van der Waals surface area contributed by atoms with Crippen molar-refractivity contribution >= 4 is 23.2 Å². The number of rotatable bonds is 1. The minimum Gasteiger partial charge on any atom is -0.246 e. The number of halogens is 5. The van der Waals surface area contributed by atoms with E-state index in [0.29, 0.717) is 12.1 Å². The standard InChI is InChI=1S/C10H6Cl2F3N3O/c1-4-16-17-9(19)18(4)8-6(11)2-5(3-7(8)12)10(13,14)15/h2-3H,1H3,(H,17,19). The lowest BCUT2D eigenvalue weighted by Gasteiger charge is -2.12. The number of H-pyrrole nitrogens is 1. The summed E-state index contributed by atoms with van der Waals surface area (Å²) in [5, 5.41) is 5.21. The van der Waals surface area contributed by atoms with Crippen LogP contribution in [0.2, 0.25) is 10.0 Å². The fraction of sp³-hybridized carbons (Fsp3) is 0.200. The molecule has 1 aromatic heterocycles. The quantitative estimate of drug-likeness (QED) is 0.879. The van der Waals surface area contributed by atoms with Crippen molar-refractivity contribution in [2.24, 2.45) is 0 Å². The van der Waals surface area contributed by atoms with Gasteiger partial charge in [0.05, 0.1) is 21.3 Å².